The minimum Gasteiger partial charge on any atom is -0.441 e. The summed E-state index contributed by atoms with van der Waals surface area (Å²) in [4.78, 5) is 4.26. The maximum absolute atomic E-state index is 5.70. The fourth-order valence-corrected chi connectivity index (χ4v) is 1.71. The van der Waals surface area contributed by atoms with Gasteiger partial charge in [-0.1, -0.05) is 12.1 Å². The molecule has 0 aliphatic heterocycles. The zero-order valence-electron chi connectivity index (χ0n) is 10.4. The number of aryl methyl sites for hydroxylation is 3. The molecule has 0 aliphatic rings. The minimum atomic E-state index is 0.668. The molecule has 0 amide bonds. The molecule has 2 N–H and O–H groups in total. The number of hydrogen-bond acceptors (Lipinski definition) is 3. The van der Waals surface area contributed by atoms with Crippen LogP contribution in [-0.4, -0.2) is 11.5 Å². The quantitative estimate of drug-likeness (QED) is 0.878. The first-order valence-corrected chi connectivity index (χ1v) is 5.93. The Bertz CT molecular complexity index is 503. The van der Waals surface area contributed by atoms with Gasteiger partial charge < -0.3 is 10.2 Å². The van der Waals surface area contributed by atoms with Crippen LogP contribution in [0.3, 0.4) is 0 Å². The van der Waals surface area contributed by atoms with Crippen molar-refractivity contribution in [3.8, 4) is 11.3 Å². The summed E-state index contributed by atoms with van der Waals surface area (Å²) in [6.45, 7) is 4.87. The van der Waals surface area contributed by atoms with E-state index in [1.807, 2.05) is 0 Å². The van der Waals surface area contributed by atoms with Gasteiger partial charge >= 0.3 is 0 Å². The number of rotatable bonds is 4. The van der Waals surface area contributed by atoms with E-state index in [1.165, 1.54) is 11.1 Å². The van der Waals surface area contributed by atoms with Gasteiger partial charge in [0.05, 0.1) is 6.20 Å². The van der Waals surface area contributed by atoms with Crippen molar-refractivity contribution in [3.63, 3.8) is 0 Å². The van der Waals surface area contributed by atoms with E-state index in [1.54, 1.807) is 6.20 Å². The lowest BCUT2D eigenvalue weighted by atomic mass is 10.1. The van der Waals surface area contributed by atoms with Crippen molar-refractivity contribution in [2.75, 3.05) is 6.54 Å². The Hall–Kier alpha value is -1.61. The third-order valence-electron chi connectivity index (χ3n) is 2.94. The van der Waals surface area contributed by atoms with Crippen LogP contribution in [0.4, 0.5) is 0 Å². The van der Waals surface area contributed by atoms with Crippen LogP contribution in [0.2, 0.25) is 0 Å². The lowest BCUT2D eigenvalue weighted by Gasteiger charge is -2.01. The van der Waals surface area contributed by atoms with Crippen LogP contribution in [0.25, 0.3) is 11.3 Å². The molecule has 0 bridgehead atoms. The number of nitrogens with zero attached hydrogens (tertiary/aromatic N) is 1. The predicted molar refractivity (Wildman–Crippen MR) is 68.8 cm³/mol. The molecular formula is C14H18N2O. The SMILES string of the molecule is Cc1ccc(-c2cnc(CCCN)o2)cc1C. The van der Waals surface area contributed by atoms with Gasteiger partial charge in [0.25, 0.3) is 0 Å². The Morgan fingerprint density at radius 3 is 2.76 bits per heavy atom. The van der Waals surface area contributed by atoms with E-state index >= 15 is 0 Å². The highest BCUT2D eigenvalue weighted by molar-refractivity contribution is 5.58. The van der Waals surface area contributed by atoms with Gasteiger partial charge in [-0.15, -0.1) is 0 Å². The molecule has 0 radical (unpaired) electrons. The van der Waals surface area contributed by atoms with Gasteiger partial charge in [0.15, 0.2) is 11.7 Å². The molecule has 3 nitrogen and oxygen atoms in total. The second-order valence-electron chi connectivity index (χ2n) is 4.31. The molecule has 2 aromatic rings. The van der Waals surface area contributed by atoms with Gasteiger partial charge in [-0.25, -0.2) is 4.98 Å². The summed E-state index contributed by atoms with van der Waals surface area (Å²) in [5, 5.41) is 0. The molecular weight excluding hydrogens is 212 g/mol. The standard InChI is InChI=1S/C14H18N2O/c1-10-5-6-12(8-11(10)2)13-9-16-14(17-13)4-3-7-15/h5-6,8-9H,3-4,7,15H2,1-2H3. The highest BCUT2D eigenvalue weighted by atomic mass is 16.4. The summed E-state index contributed by atoms with van der Waals surface area (Å²) in [7, 11) is 0. The summed E-state index contributed by atoms with van der Waals surface area (Å²) in [5.74, 6) is 1.60. The van der Waals surface area contributed by atoms with Gasteiger partial charge in [0.1, 0.15) is 0 Å². The number of oxazole rings is 1. The van der Waals surface area contributed by atoms with Gasteiger partial charge in [-0.3, -0.25) is 0 Å². The van der Waals surface area contributed by atoms with E-state index in [4.69, 9.17) is 10.2 Å². The summed E-state index contributed by atoms with van der Waals surface area (Å²) >= 11 is 0. The van der Waals surface area contributed by atoms with E-state index in [-0.39, 0.29) is 0 Å². The molecule has 2 rings (SSSR count). The molecule has 3 heteroatoms. The zero-order valence-corrected chi connectivity index (χ0v) is 10.4. The average molecular weight is 230 g/mol. The zero-order chi connectivity index (χ0) is 12.3. The lowest BCUT2D eigenvalue weighted by molar-refractivity contribution is 0.499. The molecule has 1 aromatic heterocycles. The maximum Gasteiger partial charge on any atom is 0.194 e. The van der Waals surface area contributed by atoms with Gasteiger partial charge in [-0.05, 0) is 44.0 Å². The topological polar surface area (TPSA) is 52.0 Å². The van der Waals surface area contributed by atoms with Crippen molar-refractivity contribution < 1.29 is 4.42 Å². The highest BCUT2D eigenvalue weighted by Crippen LogP contribution is 2.23. The monoisotopic (exact) mass is 230 g/mol. The van der Waals surface area contributed by atoms with Crippen LogP contribution >= 0.6 is 0 Å². The Morgan fingerprint density at radius 1 is 1.24 bits per heavy atom. The Labute approximate surface area is 102 Å². The molecule has 0 spiro atoms. The van der Waals surface area contributed by atoms with E-state index in [0.29, 0.717) is 6.54 Å². The second-order valence-corrected chi connectivity index (χ2v) is 4.31. The van der Waals surface area contributed by atoms with Crippen LogP contribution in [0.1, 0.15) is 23.4 Å². The van der Waals surface area contributed by atoms with Crippen molar-refractivity contribution in [1.29, 1.82) is 0 Å². The molecule has 1 heterocycles. The van der Waals surface area contributed by atoms with Crippen molar-refractivity contribution in [2.24, 2.45) is 5.73 Å². The summed E-state index contributed by atoms with van der Waals surface area (Å²) in [5.41, 5.74) is 9.10. The molecule has 17 heavy (non-hydrogen) atoms. The number of hydrogen-bond donors (Lipinski definition) is 1. The molecule has 0 unspecified atom stereocenters. The van der Waals surface area contributed by atoms with Crippen LogP contribution < -0.4 is 5.73 Å². The molecule has 0 saturated heterocycles. The fraction of sp³-hybridized carbons (Fsp3) is 0.357. The summed E-state index contributed by atoms with van der Waals surface area (Å²) in [6.07, 6.45) is 3.50. The fourth-order valence-electron chi connectivity index (χ4n) is 1.71. The molecule has 0 saturated carbocycles. The molecule has 0 fully saturated rings. The number of nitrogens with two attached hydrogens (primary N) is 1. The smallest absolute Gasteiger partial charge is 0.194 e. The Morgan fingerprint density at radius 2 is 2.06 bits per heavy atom. The van der Waals surface area contributed by atoms with Crippen LogP contribution in [0, 0.1) is 13.8 Å². The average Bonchev–Trinajstić information content (AvgIpc) is 2.79. The van der Waals surface area contributed by atoms with Crippen molar-refractivity contribution in [3.05, 3.63) is 41.4 Å². The van der Waals surface area contributed by atoms with Gasteiger partial charge in [0.2, 0.25) is 0 Å². The van der Waals surface area contributed by atoms with E-state index < -0.39 is 0 Å². The lowest BCUT2D eigenvalue weighted by Crippen LogP contribution is -2.00. The van der Waals surface area contributed by atoms with Crippen molar-refractivity contribution >= 4 is 0 Å². The summed E-state index contributed by atoms with van der Waals surface area (Å²) in [6, 6.07) is 6.30. The molecule has 1 aromatic carbocycles. The third-order valence-corrected chi connectivity index (χ3v) is 2.94. The molecule has 0 atom stereocenters. The first-order valence-electron chi connectivity index (χ1n) is 5.93. The Kier molecular flexibility index (Phi) is 3.59. The Balaban J connectivity index is 2.21. The van der Waals surface area contributed by atoms with Crippen molar-refractivity contribution in [1.82, 2.24) is 4.98 Å². The van der Waals surface area contributed by atoms with Gasteiger partial charge in [-0.2, -0.15) is 0 Å². The molecule has 0 aliphatic carbocycles. The van der Waals surface area contributed by atoms with Gasteiger partial charge in [0, 0.05) is 12.0 Å². The van der Waals surface area contributed by atoms with Crippen LogP contribution in [0.5, 0.6) is 0 Å². The van der Waals surface area contributed by atoms with Crippen LogP contribution in [0.15, 0.2) is 28.8 Å². The van der Waals surface area contributed by atoms with E-state index in [2.05, 4.69) is 37.0 Å². The number of aromatic nitrogens is 1. The maximum atomic E-state index is 5.70. The van der Waals surface area contributed by atoms with Crippen molar-refractivity contribution in [2.45, 2.75) is 26.7 Å². The first-order chi connectivity index (χ1) is 8.20. The first kappa shape index (κ1) is 11.9. The predicted octanol–water partition coefficient (Wildman–Crippen LogP) is 2.85. The van der Waals surface area contributed by atoms with E-state index in [9.17, 15) is 0 Å². The molecule has 90 valence electrons. The second kappa shape index (κ2) is 5.15. The van der Waals surface area contributed by atoms with E-state index in [0.717, 1.165) is 30.1 Å². The highest BCUT2D eigenvalue weighted by Gasteiger charge is 2.06. The third kappa shape index (κ3) is 2.74. The van der Waals surface area contributed by atoms with Crippen LogP contribution in [-0.2, 0) is 6.42 Å². The normalized spacial score (nSPS) is 10.8. The minimum absolute atomic E-state index is 0.668. The largest absolute Gasteiger partial charge is 0.441 e. The summed E-state index contributed by atoms with van der Waals surface area (Å²) < 4.78 is 5.70. The number of benzene rings is 1.